The third kappa shape index (κ3) is 2.44. The van der Waals surface area contributed by atoms with Gasteiger partial charge < -0.3 is 4.74 Å². The summed E-state index contributed by atoms with van der Waals surface area (Å²) in [6, 6.07) is 4.81. The highest BCUT2D eigenvalue weighted by Crippen LogP contribution is 2.29. The minimum atomic E-state index is -0.217. The molecule has 2 heteroatoms. The van der Waals surface area contributed by atoms with Crippen LogP contribution >= 0.6 is 0 Å². The number of rotatable bonds is 3. The highest BCUT2D eigenvalue weighted by molar-refractivity contribution is 5.28. The number of ether oxygens (including phenoxy) is 1. The van der Waals surface area contributed by atoms with Crippen molar-refractivity contribution in [3.05, 3.63) is 29.6 Å². The van der Waals surface area contributed by atoms with E-state index in [1.807, 2.05) is 13.0 Å². The molecule has 1 aliphatic carbocycles. The van der Waals surface area contributed by atoms with Crippen LogP contribution in [-0.2, 0) is 0 Å². The number of halogens is 1. The third-order valence-corrected chi connectivity index (χ3v) is 2.20. The quantitative estimate of drug-likeness (QED) is 0.695. The van der Waals surface area contributed by atoms with Crippen LogP contribution in [0.5, 0.6) is 5.75 Å². The molecule has 1 aromatic rings. The molecule has 0 N–H and O–H groups in total. The summed E-state index contributed by atoms with van der Waals surface area (Å²) >= 11 is 0. The second-order valence-corrected chi connectivity index (χ2v) is 3.72. The molecule has 1 saturated carbocycles. The van der Waals surface area contributed by atoms with Crippen molar-refractivity contribution < 1.29 is 9.13 Å². The lowest BCUT2D eigenvalue weighted by atomic mass is 10.2. The van der Waals surface area contributed by atoms with E-state index in [1.165, 1.54) is 25.0 Å². The van der Waals surface area contributed by atoms with Gasteiger partial charge in [0.2, 0.25) is 0 Å². The maximum absolute atomic E-state index is 12.9. The Morgan fingerprint density at radius 1 is 1.38 bits per heavy atom. The molecular formula is C11H13FO. The maximum atomic E-state index is 12.9. The minimum Gasteiger partial charge on any atom is -0.493 e. The molecule has 0 bridgehead atoms. The zero-order valence-corrected chi connectivity index (χ0v) is 7.72. The smallest absolute Gasteiger partial charge is 0.127 e. The molecule has 2 rings (SSSR count). The summed E-state index contributed by atoms with van der Waals surface area (Å²) in [6.45, 7) is 2.61. The van der Waals surface area contributed by atoms with Crippen molar-refractivity contribution in [3.63, 3.8) is 0 Å². The average molecular weight is 180 g/mol. The Morgan fingerprint density at radius 3 is 2.77 bits per heavy atom. The lowest BCUT2D eigenvalue weighted by Crippen LogP contribution is -1.99. The van der Waals surface area contributed by atoms with Crippen molar-refractivity contribution in [2.24, 2.45) is 5.92 Å². The molecule has 0 atom stereocenters. The molecular weight excluding hydrogens is 167 g/mol. The average Bonchev–Trinajstić information content (AvgIpc) is 2.81. The van der Waals surface area contributed by atoms with Crippen LogP contribution in [0.25, 0.3) is 0 Å². The molecule has 0 heterocycles. The Hall–Kier alpha value is -1.05. The number of hydrogen-bond donors (Lipinski definition) is 0. The summed E-state index contributed by atoms with van der Waals surface area (Å²) < 4.78 is 18.3. The third-order valence-electron chi connectivity index (χ3n) is 2.20. The van der Waals surface area contributed by atoms with Crippen LogP contribution in [0.3, 0.4) is 0 Å². The SMILES string of the molecule is Cc1cc(F)cc(OCC2CC2)c1. The van der Waals surface area contributed by atoms with Gasteiger partial charge in [-0.15, -0.1) is 0 Å². The van der Waals surface area contributed by atoms with E-state index in [0.717, 1.165) is 12.2 Å². The second kappa shape index (κ2) is 3.36. The molecule has 1 aliphatic rings. The van der Waals surface area contributed by atoms with E-state index in [2.05, 4.69) is 0 Å². The summed E-state index contributed by atoms with van der Waals surface area (Å²) in [5.74, 6) is 1.15. The summed E-state index contributed by atoms with van der Waals surface area (Å²) in [7, 11) is 0. The van der Waals surface area contributed by atoms with E-state index in [4.69, 9.17) is 4.74 Å². The van der Waals surface area contributed by atoms with Crippen molar-refractivity contribution in [2.75, 3.05) is 6.61 Å². The molecule has 1 fully saturated rings. The van der Waals surface area contributed by atoms with Crippen LogP contribution in [0.2, 0.25) is 0 Å². The fourth-order valence-electron chi connectivity index (χ4n) is 1.28. The van der Waals surface area contributed by atoms with Gasteiger partial charge in [0, 0.05) is 6.07 Å². The van der Waals surface area contributed by atoms with Gasteiger partial charge in [-0.1, -0.05) is 0 Å². The number of aryl methyl sites for hydroxylation is 1. The molecule has 70 valence electrons. The van der Waals surface area contributed by atoms with Crippen molar-refractivity contribution in [3.8, 4) is 5.75 Å². The van der Waals surface area contributed by atoms with Crippen LogP contribution < -0.4 is 4.74 Å². The largest absolute Gasteiger partial charge is 0.493 e. The first-order valence-corrected chi connectivity index (χ1v) is 4.64. The Bertz CT molecular complexity index is 285. The Kier molecular flexibility index (Phi) is 2.21. The first-order valence-electron chi connectivity index (χ1n) is 4.64. The van der Waals surface area contributed by atoms with Gasteiger partial charge in [0.1, 0.15) is 11.6 Å². The molecule has 13 heavy (non-hydrogen) atoms. The van der Waals surface area contributed by atoms with Gasteiger partial charge in [-0.3, -0.25) is 0 Å². The molecule has 0 spiro atoms. The fraction of sp³-hybridized carbons (Fsp3) is 0.455. The van der Waals surface area contributed by atoms with Gasteiger partial charge in [-0.2, -0.15) is 0 Å². The maximum Gasteiger partial charge on any atom is 0.127 e. The van der Waals surface area contributed by atoms with E-state index in [9.17, 15) is 4.39 Å². The van der Waals surface area contributed by atoms with Crippen molar-refractivity contribution in [1.82, 2.24) is 0 Å². The van der Waals surface area contributed by atoms with Crippen molar-refractivity contribution in [1.29, 1.82) is 0 Å². The number of benzene rings is 1. The van der Waals surface area contributed by atoms with Crippen molar-refractivity contribution in [2.45, 2.75) is 19.8 Å². The van der Waals surface area contributed by atoms with Gasteiger partial charge >= 0.3 is 0 Å². The summed E-state index contributed by atoms with van der Waals surface area (Å²) in [6.07, 6.45) is 2.52. The van der Waals surface area contributed by atoms with E-state index in [1.54, 1.807) is 0 Å². The molecule has 0 saturated heterocycles. The second-order valence-electron chi connectivity index (χ2n) is 3.72. The van der Waals surface area contributed by atoms with Gasteiger partial charge in [0.05, 0.1) is 6.61 Å². The van der Waals surface area contributed by atoms with Crippen molar-refractivity contribution >= 4 is 0 Å². The summed E-state index contributed by atoms with van der Waals surface area (Å²) in [5.41, 5.74) is 0.908. The van der Waals surface area contributed by atoms with Crippen LogP contribution in [0.4, 0.5) is 4.39 Å². The van der Waals surface area contributed by atoms with Gasteiger partial charge in [-0.25, -0.2) is 4.39 Å². The highest BCUT2D eigenvalue weighted by atomic mass is 19.1. The fourth-order valence-corrected chi connectivity index (χ4v) is 1.28. The zero-order valence-electron chi connectivity index (χ0n) is 7.72. The van der Waals surface area contributed by atoms with Crippen LogP contribution in [0.1, 0.15) is 18.4 Å². The van der Waals surface area contributed by atoms with Gasteiger partial charge in [0.25, 0.3) is 0 Å². The van der Waals surface area contributed by atoms with E-state index in [-0.39, 0.29) is 5.82 Å². The predicted molar refractivity (Wildman–Crippen MR) is 49.4 cm³/mol. The zero-order chi connectivity index (χ0) is 9.26. The Balaban J connectivity index is 2.01. The molecule has 0 radical (unpaired) electrons. The summed E-state index contributed by atoms with van der Waals surface area (Å²) in [4.78, 5) is 0. The molecule has 0 aliphatic heterocycles. The van der Waals surface area contributed by atoms with E-state index in [0.29, 0.717) is 11.7 Å². The normalized spacial score (nSPS) is 15.8. The van der Waals surface area contributed by atoms with Crippen LogP contribution in [0.15, 0.2) is 18.2 Å². The molecule has 0 aromatic heterocycles. The van der Waals surface area contributed by atoms with E-state index >= 15 is 0 Å². The predicted octanol–water partition coefficient (Wildman–Crippen LogP) is 2.92. The Labute approximate surface area is 77.5 Å². The molecule has 1 nitrogen and oxygen atoms in total. The molecule has 1 aromatic carbocycles. The van der Waals surface area contributed by atoms with E-state index < -0.39 is 0 Å². The first kappa shape index (κ1) is 8.54. The standard InChI is InChI=1S/C11H13FO/c1-8-4-10(12)6-11(5-8)13-7-9-2-3-9/h4-6,9H,2-3,7H2,1H3. The monoisotopic (exact) mass is 180 g/mol. The minimum absolute atomic E-state index is 0.217. The van der Waals surface area contributed by atoms with Crippen LogP contribution in [-0.4, -0.2) is 6.61 Å². The highest BCUT2D eigenvalue weighted by Gasteiger charge is 2.21. The lowest BCUT2D eigenvalue weighted by Gasteiger charge is -2.05. The number of hydrogen-bond acceptors (Lipinski definition) is 1. The topological polar surface area (TPSA) is 9.23 Å². The van der Waals surface area contributed by atoms with Crippen LogP contribution in [0, 0.1) is 18.7 Å². The summed E-state index contributed by atoms with van der Waals surface area (Å²) in [5, 5.41) is 0. The van der Waals surface area contributed by atoms with Gasteiger partial charge in [0.15, 0.2) is 0 Å². The first-order chi connectivity index (χ1) is 6.24. The molecule has 0 amide bonds. The Morgan fingerprint density at radius 2 is 2.15 bits per heavy atom. The lowest BCUT2D eigenvalue weighted by molar-refractivity contribution is 0.298. The molecule has 0 unspecified atom stereocenters. The van der Waals surface area contributed by atoms with Gasteiger partial charge in [-0.05, 0) is 43.4 Å².